The predicted octanol–water partition coefficient (Wildman–Crippen LogP) is 2.88. The molecule has 2 aliphatic heterocycles. The molecule has 2 amide bonds. The van der Waals surface area contributed by atoms with Crippen LogP contribution in [0.2, 0.25) is 0 Å². The number of anilines is 1. The van der Waals surface area contributed by atoms with E-state index in [4.69, 9.17) is 4.98 Å². The standard InChI is InChI=1S/C30H45N9O2/c1-4-6-25-7-5-8-26(34-25)21-39-29-27(19-33-39)28(31-22-32-29)35-13-15-37(16-14-35)30(41)36-11-9-24(10-12-36)20-38(17-18-40)23(2)3/h5,7-8,19,22-24,40H,4,6,9-18,20-21H2,1-3H3. The lowest BCUT2D eigenvalue weighted by atomic mass is 9.96. The molecule has 5 rings (SSSR count). The maximum atomic E-state index is 13.3. The molecule has 11 heteroatoms. The first kappa shape index (κ1) is 29.2. The number of pyridine rings is 1. The molecule has 0 saturated carbocycles. The number of hydrogen-bond acceptors (Lipinski definition) is 8. The van der Waals surface area contributed by atoms with Crippen molar-refractivity contribution >= 4 is 22.9 Å². The molecule has 2 saturated heterocycles. The Balaban J connectivity index is 1.16. The van der Waals surface area contributed by atoms with Gasteiger partial charge in [-0.2, -0.15) is 5.10 Å². The summed E-state index contributed by atoms with van der Waals surface area (Å²) in [4.78, 5) is 35.9. The van der Waals surface area contributed by atoms with Crippen LogP contribution >= 0.6 is 0 Å². The monoisotopic (exact) mass is 563 g/mol. The van der Waals surface area contributed by atoms with Gasteiger partial charge in [0.1, 0.15) is 12.1 Å². The molecule has 3 aromatic rings. The van der Waals surface area contributed by atoms with Crippen LogP contribution in [0.25, 0.3) is 11.0 Å². The van der Waals surface area contributed by atoms with Crippen molar-refractivity contribution in [2.24, 2.45) is 5.92 Å². The first-order valence-electron chi connectivity index (χ1n) is 15.2. The third kappa shape index (κ3) is 6.95. The predicted molar refractivity (Wildman–Crippen MR) is 160 cm³/mol. The summed E-state index contributed by atoms with van der Waals surface area (Å²) in [5.74, 6) is 1.45. The fourth-order valence-electron chi connectivity index (χ4n) is 6.05. The smallest absolute Gasteiger partial charge is 0.320 e. The topological polar surface area (TPSA) is 107 Å². The minimum absolute atomic E-state index is 0.151. The fourth-order valence-corrected chi connectivity index (χ4v) is 6.05. The molecule has 3 aromatic heterocycles. The van der Waals surface area contributed by atoms with Crippen molar-refractivity contribution in [3.05, 3.63) is 42.1 Å². The lowest BCUT2D eigenvalue weighted by molar-refractivity contribution is 0.102. The highest BCUT2D eigenvalue weighted by atomic mass is 16.3. The third-order valence-electron chi connectivity index (χ3n) is 8.44. The first-order valence-corrected chi connectivity index (χ1v) is 15.2. The Hall–Kier alpha value is -3.31. The normalized spacial score (nSPS) is 16.9. The van der Waals surface area contributed by atoms with Crippen LogP contribution in [-0.4, -0.2) is 116 Å². The Morgan fingerprint density at radius 3 is 2.49 bits per heavy atom. The molecule has 0 bridgehead atoms. The second-order valence-corrected chi connectivity index (χ2v) is 11.6. The molecule has 11 nitrogen and oxygen atoms in total. The Bertz CT molecular complexity index is 1280. The number of fused-ring (bicyclic) bond motifs is 1. The number of piperidine rings is 1. The number of piperazine rings is 1. The van der Waals surface area contributed by atoms with E-state index in [2.05, 4.69) is 57.8 Å². The van der Waals surface area contributed by atoms with Crippen LogP contribution in [0.5, 0.6) is 0 Å². The number of nitrogens with zero attached hydrogens (tertiary/aromatic N) is 9. The number of rotatable bonds is 10. The molecule has 41 heavy (non-hydrogen) atoms. The Morgan fingerprint density at radius 1 is 1.05 bits per heavy atom. The van der Waals surface area contributed by atoms with Crippen molar-refractivity contribution in [2.75, 3.05) is 63.9 Å². The van der Waals surface area contributed by atoms with E-state index in [9.17, 15) is 9.90 Å². The summed E-state index contributed by atoms with van der Waals surface area (Å²) in [7, 11) is 0. The maximum Gasteiger partial charge on any atom is 0.320 e. The highest BCUT2D eigenvalue weighted by molar-refractivity contribution is 5.87. The highest BCUT2D eigenvalue weighted by Gasteiger charge is 2.30. The summed E-state index contributed by atoms with van der Waals surface area (Å²) in [5.41, 5.74) is 2.87. The summed E-state index contributed by atoms with van der Waals surface area (Å²) >= 11 is 0. The number of urea groups is 1. The van der Waals surface area contributed by atoms with Gasteiger partial charge in [-0.3, -0.25) is 9.88 Å². The average molecular weight is 564 g/mol. The molecule has 0 atom stereocenters. The molecule has 222 valence electrons. The molecular formula is C30H45N9O2. The number of aliphatic hydroxyl groups is 1. The van der Waals surface area contributed by atoms with Gasteiger partial charge in [0.15, 0.2) is 5.65 Å². The third-order valence-corrected chi connectivity index (χ3v) is 8.44. The van der Waals surface area contributed by atoms with Crippen molar-refractivity contribution in [1.29, 1.82) is 0 Å². The van der Waals surface area contributed by atoms with Gasteiger partial charge in [-0.15, -0.1) is 0 Å². The van der Waals surface area contributed by atoms with Gasteiger partial charge in [0.25, 0.3) is 0 Å². The number of carbonyl (C=O) groups is 1. The van der Waals surface area contributed by atoms with Crippen molar-refractivity contribution < 1.29 is 9.90 Å². The molecule has 1 N–H and O–H groups in total. The van der Waals surface area contributed by atoms with Crippen molar-refractivity contribution in [2.45, 2.75) is 59.0 Å². The van der Waals surface area contributed by atoms with E-state index in [1.54, 1.807) is 6.33 Å². The quantitative estimate of drug-likeness (QED) is 0.401. The van der Waals surface area contributed by atoms with Gasteiger partial charge in [0, 0.05) is 64.1 Å². The molecule has 0 aliphatic carbocycles. The molecule has 0 unspecified atom stereocenters. The van der Waals surface area contributed by atoms with E-state index in [1.165, 1.54) is 0 Å². The van der Waals surface area contributed by atoms with Crippen LogP contribution in [0.15, 0.2) is 30.7 Å². The van der Waals surface area contributed by atoms with Crippen LogP contribution in [-0.2, 0) is 13.0 Å². The van der Waals surface area contributed by atoms with Gasteiger partial charge in [-0.05, 0) is 51.2 Å². The molecular weight excluding hydrogens is 518 g/mol. The van der Waals surface area contributed by atoms with Crippen LogP contribution in [0.1, 0.15) is 51.4 Å². The Kier molecular flexibility index (Phi) is 9.66. The van der Waals surface area contributed by atoms with Crippen LogP contribution in [0.4, 0.5) is 10.6 Å². The fraction of sp³-hybridized carbons (Fsp3) is 0.633. The van der Waals surface area contributed by atoms with Crippen LogP contribution in [0.3, 0.4) is 0 Å². The zero-order valence-corrected chi connectivity index (χ0v) is 24.8. The lowest BCUT2D eigenvalue weighted by Gasteiger charge is -2.41. The summed E-state index contributed by atoms with van der Waals surface area (Å²) in [5, 5.41) is 14.9. The summed E-state index contributed by atoms with van der Waals surface area (Å²) < 4.78 is 1.90. The van der Waals surface area contributed by atoms with Crippen molar-refractivity contribution in [1.82, 2.24) is 39.4 Å². The Morgan fingerprint density at radius 2 is 1.78 bits per heavy atom. The van der Waals surface area contributed by atoms with Crippen LogP contribution in [0, 0.1) is 5.92 Å². The number of aryl methyl sites for hydroxylation is 1. The molecule has 2 fully saturated rings. The number of likely N-dealkylation sites (tertiary alicyclic amines) is 1. The molecule has 5 heterocycles. The van der Waals surface area contributed by atoms with E-state index in [0.29, 0.717) is 38.1 Å². The summed E-state index contributed by atoms with van der Waals surface area (Å²) in [6.07, 6.45) is 7.53. The van der Waals surface area contributed by atoms with Crippen LogP contribution < -0.4 is 4.90 Å². The summed E-state index contributed by atoms with van der Waals surface area (Å²) in [6.45, 7) is 13.4. The Labute approximate surface area is 243 Å². The van der Waals surface area contributed by atoms with Crippen molar-refractivity contribution in [3.63, 3.8) is 0 Å². The maximum absolute atomic E-state index is 13.3. The van der Waals surface area contributed by atoms with Crippen molar-refractivity contribution in [3.8, 4) is 0 Å². The van der Waals surface area contributed by atoms with E-state index in [1.807, 2.05) is 26.7 Å². The molecule has 0 spiro atoms. The number of hydrogen-bond donors (Lipinski definition) is 1. The number of aromatic nitrogens is 5. The zero-order valence-electron chi connectivity index (χ0n) is 24.8. The lowest BCUT2D eigenvalue weighted by Crippen LogP contribution is -2.54. The van der Waals surface area contributed by atoms with Gasteiger partial charge in [0.2, 0.25) is 0 Å². The van der Waals surface area contributed by atoms with Gasteiger partial charge < -0.3 is 19.8 Å². The minimum Gasteiger partial charge on any atom is -0.395 e. The number of carbonyl (C=O) groups excluding carboxylic acids is 1. The van der Waals surface area contributed by atoms with E-state index in [0.717, 1.165) is 86.6 Å². The van der Waals surface area contributed by atoms with Gasteiger partial charge >= 0.3 is 6.03 Å². The second-order valence-electron chi connectivity index (χ2n) is 11.6. The van der Waals surface area contributed by atoms with E-state index < -0.39 is 0 Å². The highest BCUT2D eigenvalue weighted by Crippen LogP contribution is 2.25. The van der Waals surface area contributed by atoms with E-state index >= 15 is 0 Å². The van der Waals surface area contributed by atoms with Gasteiger partial charge in [0.05, 0.1) is 30.4 Å². The average Bonchev–Trinajstić information content (AvgIpc) is 3.40. The minimum atomic E-state index is 0.151. The van der Waals surface area contributed by atoms with Gasteiger partial charge in [-0.1, -0.05) is 19.4 Å². The SMILES string of the molecule is CCCc1cccc(Cn2ncc3c(N4CCN(C(=O)N5CCC(CN(CCO)C(C)C)CC5)CC4)ncnc32)n1. The molecule has 0 radical (unpaired) electrons. The second kappa shape index (κ2) is 13.6. The summed E-state index contributed by atoms with van der Waals surface area (Å²) in [6, 6.07) is 6.73. The number of amides is 2. The molecule has 2 aliphatic rings. The molecule has 0 aromatic carbocycles. The largest absolute Gasteiger partial charge is 0.395 e. The van der Waals surface area contributed by atoms with E-state index in [-0.39, 0.29) is 12.6 Å². The zero-order chi connectivity index (χ0) is 28.8. The van der Waals surface area contributed by atoms with Gasteiger partial charge in [-0.25, -0.2) is 19.4 Å². The number of aliphatic hydroxyl groups excluding tert-OH is 1. The first-order chi connectivity index (χ1) is 20.0.